The fourth-order valence-corrected chi connectivity index (χ4v) is 3.89. The van der Waals surface area contributed by atoms with Crippen LogP contribution in [0.5, 0.6) is 0 Å². The number of allylic oxidation sites excluding steroid dienone is 2. The molecule has 1 aliphatic heterocycles. The second-order valence-corrected chi connectivity index (χ2v) is 7.96. The number of carbonyl (C=O) groups is 2. The SMILES string of the molecule is O=C(Nc1ccc2ccccc2c1)N1CCCN(C(=O)C2=CCC(Cl)C=C2)CC1. The van der Waals surface area contributed by atoms with Gasteiger partial charge >= 0.3 is 6.03 Å². The van der Waals surface area contributed by atoms with Crippen molar-refractivity contribution in [2.24, 2.45) is 0 Å². The Morgan fingerprint density at radius 1 is 0.966 bits per heavy atom. The zero-order chi connectivity index (χ0) is 20.2. The zero-order valence-corrected chi connectivity index (χ0v) is 16.9. The Bertz CT molecular complexity index is 985. The predicted molar refractivity (Wildman–Crippen MR) is 117 cm³/mol. The van der Waals surface area contributed by atoms with Gasteiger partial charge in [-0.05, 0) is 35.7 Å². The molecule has 4 rings (SSSR count). The minimum absolute atomic E-state index is 0.0154. The minimum Gasteiger partial charge on any atom is -0.337 e. The first-order valence-corrected chi connectivity index (χ1v) is 10.4. The van der Waals surface area contributed by atoms with Gasteiger partial charge in [-0.3, -0.25) is 4.79 Å². The van der Waals surface area contributed by atoms with Crippen molar-refractivity contribution in [1.29, 1.82) is 0 Å². The number of amides is 3. The third-order valence-corrected chi connectivity index (χ3v) is 5.69. The van der Waals surface area contributed by atoms with Crippen molar-refractivity contribution in [3.8, 4) is 0 Å². The van der Waals surface area contributed by atoms with Crippen LogP contribution in [0.25, 0.3) is 10.8 Å². The second kappa shape index (κ2) is 8.70. The summed E-state index contributed by atoms with van der Waals surface area (Å²) in [7, 11) is 0. The van der Waals surface area contributed by atoms with E-state index in [9.17, 15) is 9.59 Å². The van der Waals surface area contributed by atoms with Crippen molar-refractivity contribution in [2.75, 3.05) is 31.5 Å². The molecule has 0 saturated carbocycles. The van der Waals surface area contributed by atoms with Crippen LogP contribution in [0.4, 0.5) is 10.5 Å². The number of urea groups is 1. The lowest BCUT2D eigenvalue weighted by molar-refractivity contribution is -0.126. The summed E-state index contributed by atoms with van der Waals surface area (Å²) >= 11 is 6.04. The van der Waals surface area contributed by atoms with E-state index in [2.05, 4.69) is 5.32 Å². The maximum atomic E-state index is 12.7. The van der Waals surface area contributed by atoms with Crippen molar-refractivity contribution in [3.63, 3.8) is 0 Å². The van der Waals surface area contributed by atoms with Crippen molar-refractivity contribution < 1.29 is 9.59 Å². The van der Waals surface area contributed by atoms with Gasteiger partial charge in [-0.15, -0.1) is 11.6 Å². The van der Waals surface area contributed by atoms with Crippen LogP contribution < -0.4 is 5.32 Å². The Balaban J connectivity index is 1.36. The number of halogens is 1. The van der Waals surface area contributed by atoms with Crippen LogP contribution in [0.2, 0.25) is 0 Å². The van der Waals surface area contributed by atoms with Gasteiger partial charge in [-0.1, -0.05) is 48.6 Å². The molecule has 1 fully saturated rings. The molecule has 150 valence electrons. The van der Waals surface area contributed by atoms with Crippen LogP contribution in [-0.2, 0) is 4.79 Å². The summed E-state index contributed by atoms with van der Waals surface area (Å²) < 4.78 is 0. The van der Waals surface area contributed by atoms with Crippen LogP contribution >= 0.6 is 11.6 Å². The van der Waals surface area contributed by atoms with Crippen LogP contribution in [0.3, 0.4) is 0 Å². The highest BCUT2D eigenvalue weighted by Gasteiger charge is 2.24. The van der Waals surface area contributed by atoms with Gasteiger partial charge in [-0.25, -0.2) is 4.79 Å². The molecule has 6 heteroatoms. The quantitative estimate of drug-likeness (QED) is 0.747. The Kier molecular flexibility index (Phi) is 5.86. The third-order valence-electron chi connectivity index (χ3n) is 5.37. The standard InChI is InChI=1S/C23H24ClN3O2/c24-20-9-6-18(7-10-20)22(28)26-12-3-13-27(15-14-26)23(29)25-21-11-8-17-4-1-2-5-19(17)16-21/h1-2,4-9,11,16,20H,3,10,12-15H2,(H,25,29). The molecule has 3 amide bonds. The number of hydrogen-bond donors (Lipinski definition) is 1. The van der Waals surface area contributed by atoms with Gasteiger partial charge in [0.1, 0.15) is 0 Å². The summed E-state index contributed by atoms with van der Waals surface area (Å²) in [5.74, 6) is 0.0154. The average molecular weight is 410 g/mol. The predicted octanol–water partition coefficient (Wildman–Crippen LogP) is 4.40. The molecule has 2 aliphatic rings. The number of fused-ring (bicyclic) bond motifs is 1. The summed E-state index contributed by atoms with van der Waals surface area (Å²) in [4.78, 5) is 29.1. The smallest absolute Gasteiger partial charge is 0.321 e. The molecule has 1 aliphatic carbocycles. The molecule has 1 saturated heterocycles. The number of nitrogens with zero attached hydrogens (tertiary/aromatic N) is 2. The highest BCUT2D eigenvalue weighted by molar-refractivity contribution is 6.22. The summed E-state index contributed by atoms with van der Waals surface area (Å²) in [5.41, 5.74) is 1.47. The molecule has 1 N–H and O–H groups in total. The Morgan fingerprint density at radius 3 is 2.52 bits per heavy atom. The molecule has 0 spiro atoms. The maximum absolute atomic E-state index is 12.7. The van der Waals surface area contributed by atoms with Gasteiger partial charge in [-0.2, -0.15) is 0 Å². The molecule has 0 radical (unpaired) electrons. The van der Waals surface area contributed by atoms with E-state index in [4.69, 9.17) is 11.6 Å². The molecular formula is C23H24ClN3O2. The number of anilines is 1. The van der Waals surface area contributed by atoms with Gasteiger partial charge in [0.15, 0.2) is 0 Å². The molecule has 1 heterocycles. The van der Waals surface area contributed by atoms with Crippen molar-refractivity contribution in [3.05, 3.63) is 66.3 Å². The summed E-state index contributed by atoms with van der Waals surface area (Å²) in [6.07, 6.45) is 6.99. The van der Waals surface area contributed by atoms with E-state index in [0.717, 1.165) is 22.9 Å². The number of carbonyl (C=O) groups excluding carboxylic acids is 2. The van der Waals surface area contributed by atoms with E-state index in [0.29, 0.717) is 38.2 Å². The van der Waals surface area contributed by atoms with Crippen LogP contribution in [0.1, 0.15) is 12.8 Å². The molecule has 1 unspecified atom stereocenters. The molecule has 5 nitrogen and oxygen atoms in total. The first-order chi connectivity index (χ1) is 14.1. The van der Waals surface area contributed by atoms with Crippen molar-refractivity contribution >= 4 is 40.0 Å². The van der Waals surface area contributed by atoms with E-state index < -0.39 is 0 Å². The summed E-state index contributed by atoms with van der Waals surface area (Å²) in [5, 5.41) is 5.18. The highest BCUT2D eigenvalue weighted by atomic mass is 35.5. The fraction of sp³-hybridized carbons (Fsp3) is 0.304. The average Bonchev–Trinajstić information content (AvgIpc) is 3.00. The maximum Gasteiger partial charge on any atom is 0.321 e. The van der Waals surface area contributed by atoms with Gasteiger partial charge < -0.3 is 15.1 Å². The Hall–Kier alpha value is -2.79. The Labute approximate surface area is 175 Å². The van der Waals surface area contributed by atoms with Gasteiger partial charge in [0.05, 0.1) is 5.38 Å². The topological polar surface area (TPSA) is 52.7 Å². The fourth-order valence-electron chi connectivity index (χ4n) is 3.73. The number of hydrogen-bond acceptors (Lipinski definition) is 2. The first-order valence-electron chi connectivity index (χ1n) is 9.96. The zero-order valence-electron chi connectivity index (χ0n) is 16.2. The molecule has 2 aromatic rings. The van der Waals surface area contributed by atoms with E-state index in [1.54, 1.807) is 11.0 Å². The largest absolute Gasteiger partial charge is 0.337 e. The minimum atomic E-state index is -0.128. The van der Waals surface area contributed by atoms with Crippen LogP contribution in [-0.4, -0.2) is 53.3 Å². The summed E-state index contributed by atoms with van der Waals surface area (Å²) in [6, 6.07) is 13.8. The number of rotatable bonds is 2. The monoisotopic (exact) mass is 409 g/mol. The van der Waals surface area contributed by atoms with Gasteiger partial charge in [0, 0.05) is 37.4 Å². The van der Waals surface area contributed by atoms with E-state index in [-0.39, 0.29) is 17.3 Å². The Morgan fingerprint density at radius 2 is 1.72 bits per heavy atom. The molecule has 2 aromatic carbocycles. The lowest BCUT2D eigenvalue weighted by atomic mass is 10.1. The van der Waals surface area contributed by atoms with Crippen molar-refractivity contribution in [2.45, 2.75) is 18.2 Å². The van der Waals surface area contributed by atoms with E-state index >= 15 is 0 Å². The third kappa shape index (κ3) is 4.62. The van der Waals surface area contributed by atoms with Gasteiger partial charge in [0.2, 0.25) is 0 Å². The highest BCUT2D eigenvalue weighted by Crippen LogP contribution is 2.20. The molecule has 0 bridgehead atoms. The molecular weight excluding hydrogens is 386 g/mol. The van der Waals surface area contributed by atoms with E-state index in [1.807, 2.05) is 59.5 Å². The first kappa shape index (κ1) is 19.5. The van der Waals surface area contributed by atoms with Crippen LogP contribution in [0.15, 0.2) is 66.3 Å². The van der Waals surface area contributed by atoms with Crippen LogP contribution in [0, 0.1) is 0 Å². The lowest BCUT2D eigenvalue weighted by Gasteiger charge is -2.23. The molecule has 29 heavy (non-hydrogen) atoms. The van der Waals surface area contributed by atoms with Gasteiger partial charge in [0.25, 0.3) is 5.91 Å². The van der Waals surface area contributed by atoms with Crippen molar-refractivity contribution in [1.82, 2.24) is 9.80 Å². The second-order valence-electron chi connectivity index (χ2n) is 7.40. The number of nitrogens with one attached hydrogen (secondary N) is 1. The summed E-state index contributed by atoms with van der Waals surface area (Å²) in [6.45, 7) is 2.32. The van der Waals surface area contributed by atoms with E-state index in [1.165, 1.54) is 0 Å². The number of benzene rings is 2. The molecule has 0 aromatic heterocycles. The normalized spacial score (nSPS) is 19.6. The molecule has 1 atom stereocenters. The lowest BCUT2D eigenvalue weighted by Crippen LogP contribution is -2.39. The number of alkyl halides is 1.